The predicted molar refractivity (Wildman–Crippen MR) is 126 cm³/mol. The molecule has 0 bridgehead atoms. The Hall–Kier alpha value is -2.29. The molecule has 1 aliphatic rings. The second-order valence-corrected chi connectivity index (χ2v) is 9.08. The van der Waals surface area contributed by atoms with Crippen LogP contribution in [0.2, 0.25) is 5.02 Å². The summed E-state index contributed by atoms with van der Waals surface area (Å²) in [7, 11) is 0. The van der Waals surface area contributed by atoms with Gasteiger partial charge in [0.05, 0.1) is 23.3 Å². The van der Waals surface area contributed by atoms with E-state index in [9.17, 15) is 0 Å². The molecule has 0 spiro atoms. The highest BCUT2D eigenvalue weighted by atomic mass is 35.5. The van der Waals surface area contributed by atoms with Crippen LogP contribution < -0.4 is 0 Å². The largest absolute Gasteiger partial charge is 0.395 e. The van der Waals surface area contributed by atoms with Gasteiger partial charge in [-0.25, -0.2) is 9.97 Å². The van der Waals surface area contributed by atoms with Gasteiger partial charge in [0.2, 0.25) is 0 Å². The molecule has 1 saturated heterocycles. The number of aliphatic hydroxyl groups is 1. The number of rotatable bonds is 6. The van der Waals surface area contributed by atoms with Gasteiger partial charge in [0.25, 0.3) is 0 Å². The summed E-state index contributed by atoms with van der Waals surface area (Å²) < 4.78 is 2.07. The number of imidazole rings is 1. The molecular weight excluding hydrogens is 430 g/mol. The number of hydrogen-bond donors (Lipinski definition) is 1. The molecular formula is C23H24ClN5OS. The van der Waals surface area contributed by atoms with Crippen LogP contribution in [-0.4, -0.2) is 68.8 Å². The van der Waals surface area contributed by atoms with Gasteiger partial charge < -0.3 is 5.11 Å². The summed E-state index contributed by atoms with van der Waals surface area (Å²) in [6.07, 6.45) is 1.85. The predicted octanol–water partition coefficient (Wildman–Crippen LogP) is 3.91. The Balaban J connectivity index is 1.36. The van der Waals surface area contributed by atoms with Crippen molar-refractivity contribution in [3.8, 4) is 16.4 Å². The van der Waals surface area contributed by atoms with Crippen molar-refractivity contribution in [2.45, 2.75) is 6.54 Å². The Morgan fingerprint density at radius 2 is 1.87 bits per heavy atom. The fourth-order valence-electron chi connectivity index (χ4n) is 4.03. The molecule has 0 atom stereocenters. The van der Waals surface area contributed by atoms with E-state index in [2.05, 4.69) is 42.9 Å². The molecule has 0 aliphatic carbocycles. The third-order valence-electron chi connectivity index (χ3n) is 5.72. The second-order valence-electron chi connectivity index (χ2n) is 7.80. The van der Waals surface area contributed by atoms with E-state index in [4.69, 9.17) is 21.7 Å². The van der Waals surface area contributed by atoms with Crippen molar-refractivity contribution >= 4 is 34.0 Å². The van der Waals surface area contributed by atoms with Crippen molar-refractivity contribution in [2.75, 3.05) is 39.3 Å². The lowest BCUT2D eigenvalue weighted by atomic mass is 10.1. The summed E-state index contributed by atoms with van der Waals surface area (Å²) in [5.74, 6) is 0. The van der Waals surface area contributed by atoms with Crippen molar-refractivity contribution in [1.29, 1.82) is 0 Å². The Labute approximate surface area is 190 Å². The van der Waals surface area contributed by atoms with E-state index in [1.807, 2.05) is 30.6 Å². The zero-order valence-electron chi connectivity index (χ0n) is 17.1. The molecule has 1 N–H and O–H groups in total. The third-order valence-corrected chi connectivity index (χ3v) is 6.79. The van der Waals surface area contributed by atoms with E-state index in [1.165, 1.54) is 5.56 Å². The summed E-state index contributed by atoms with van der Waals surface area (Å²) in [5, 5.41) is 12.8. The van der Waals surface area contributed by atoms with Crippen molar-refractivity contribution < 1.29 is 5.11 Å². The van der Waals surface area contributed by atoms with E-state index in [-0.39, 0.29) is 6.61 Å². The first kappa shape index (κ1) is 20.6. The zero-order valence-corrected chi connectivity index (χ0v) is 18.7. The first-order valence-corrected chi connectivity index (χ1v) is 11.7. The highest BCUT2D eigenvalue weighted by Crippen LogP contribution is 2.28. The lowest BCUT2D eigenvalue weighted by molar-refractivity contribution is 0.108. The Morgan fingerprint density at radius 1 is 1.03 bits per heavy atom. The summed E-state index contributed by atoms with van der Waals surface area (Å²) in [6.45, 7) is 5.97. The van der Waals surface area contributed by atoms with Gasteiger partial charge in [-0.15, -0.1) is 11.3 Å². The number of aromatic nitrogens is 3. The van der Waals surface area contributed by atoms with Gasteiger partial charge in [0, 0.05) is 55.2 Å². The van der Waals surface area contributed by atoms with Gasteiger partial charge >= 0.3 is 0 Å². The normalized spacial score (nSPS) is 15.7. The lowest BCUT2D eigenvalue weighted by Gasteiger charge is -2.34. The molecule has 4 aromatic rings. The van der Waals surface area contributed by atoms with Crippen LogP contribution in [0.25, 0.3) is 27.4 Å². The molecule has 5 rings (SSSR count). The Bertz CT molecular complexity index is 1180. The number of nitrogens with zero attached hydrogens (tertiary/aromatic N) is 5. The standard InChI is InChI=1S/C23H24ClN5OS/c24-19-3-1-2-18(13-19)21-15-31-23(26-21)29-16-25-20-5-4-17(12-22(20)29)14-28-8-6-27(7-9-28)10-11-30/h1-5,12-13,15-16,30H,6-11,14H2. The van der Waals surface area contributed by atoms with Gasteiger partial charge in [-0.05, 0) is 29.8 Å². The molecule has 6 nitrogen and oxygen atoms in total. The van der Waals surface area contributed by atoms with Crippen LogP contribution in [0, 0.1) is 0 Å². The fraction of sp³-hybridized carbons (Fsp3) is 0.304. The summed E-state index contributed by atoms with van der Waals surface area (Å²) in [4.78, 5) is 14.2. The molecule has 0 radical (unpaired) electrons. The quantitative estimate of drug-likeness (QED) is 0.479. The highest BCUT2D eigenvalue weighted by Gasteiger charge is 2.17. The van der Waals surface area contributed by atoms with E-state index in [0.29, 0.717) is 5.02 Å². The van der Waals surface area contributed by atoms with Crippen molar-refractivity contribution in [2.24, 2.45) is 0 Å². The summed E-state index contributed by atoms with van der Waals surface area (Å²) >= 11 is 7.74. The third kappa shape index (κ3) is 4.51. The molecule has 8 heteroatoms. The molecule has 0 unspecified atom stereocenters. The van der Waals surface area contributed by atoms with Crippen molar-refractivity contribution in [3.63, 3.8) is 0 Å². The van der Waals surface area contributed by atoms with Gasteiger partial charge in [0.15, 0.2) is 5.13 Å². The molecule has 31 heavy (non-hydrogen) atoms. The van der Waals surface area contributed by atoms with Crippen molar-refractivity contribution in [1.82, 2.24) is 24.3 Å². The molecule has 2 aromatic carbocycles. The first-order chi connectivity index (χ1) is 15.2. The van der Waals surface area contributed by atoms with Crippen LogP contribution in [0.5, 0.6) is 0 Å². The van der Waals surface area contributed by atoms with Crippen molar-refractivity contribution in [3.05, 3.63) is 64.8 Å². The van der Waals surface area contributed by atoms with Crippen LogP contribution in [0.15, 0.2) is 54.2 Å². The maximum atomic E-state index is 9.12. The number of thiazole rings is 1. The molecule has 2 aromatic heterocycles. The van der Waals surface area contributed by atoms with E-state index in [1.54, 1.807) is 11.3 Å². The minimum absolute atomic E-state index is 0.233. The lowest BCUT2D eigenvalue weighted by Crippen LogP contribution is -2.46. The van der Waals surface area contributed by atoms with Gasteiger partial charge in [-0.3, -0.25) is 14.4 Å². The number of benzene rings is 2. The maximum absolute atomic E-state index is 9.12. The topological polar surface area (TPSA) is 57.4 Å². The van der Waals surface area contributed by atoms with Gasteiger partial charge in [-0.1, -0.05) is 29.8 Å². The highest BCUT2D eigenvalue weighted by molar-refractivity contribution is 7.12. The first-order valence-electron chi connectivity index (χ1n) is 10.4. The van der Waals surface area contributed by atoms with Crippen LogP contribution in [-0.2, 0) is 6.54 Å². The molecule has 0 amide bonds. The molecule has 1 aliphatic heterocycles. The number of halogens is 1. The number of β-amino-alcohol motifs (C(OH)–C–C–N with tert-alkyl or cyclic N) is 1. The number of hydrogen-bond acceptors (Lipinski definition) is 6. The zero-order chi connectivity index (χ0) is 21.2. The average Bonchev–Trinajstić information content (AvgIpc) is 3.42. The van der Waals surface area contributed by atoms with Crippen LogP contribution in [0.3, 0.4) is 0 Å². The van der Waals surface area contributed by atoms with E-state index in [0.717, 1.165) is 66.7 Å². The minimum atomic E-state index is 0.233. The molecule has 160 valence electrons. The number of fused-ring (bicyclic) bond motifs is 1. The Morgan fingerprint density at radius 3 is 2.68 bits per heavy atom. The molecule has 0 saturated carbocycles. The summed E-state index contributed by atoms with van der Waals surface area (Å²) in [5.41, 5.74) is 5.25. The van der Waals surface area contributed by atoms with Crippen LogP contribution in [0.4, 0.5) is 0 Å². The number of piperazine rings is 1. The smallest absolute Gasteiger partial charge is 0.195 e. The second kappa shape index (κ2) is 9.06. The summed E-state index contributed by atoms with van der Waals surface area (Å²) in [6, 6.07) is 14.3. The molecule has 3 heterocycles. The average molecular weight is 454 g/mol. The van der Waals surface area contributed by atoms with Gasteiger partial charge in [-0.2, -0.15) is 0 Å². The fourth-order valence-corrected chi connectivity index (χ4v) is 5.04. The number of aliphatic hydroxyl groups excluding tert-OH is 1. The monoisotopic (exact) mass is 453 g/mol. The van der Waals surface area contributed by atoms with Crippen LogP contribution in [0.1, 0.15) is 5.56 Å². The Kier molecular flexibility index (Phi) is 6.02. The minimum Gasteiger partial charge on any atom is -0.395 e. The van der Waals surface area contributed by atoms with Crippen LogP contribution >= 0.6 is 22.9 Å². The van der Waals surface area contributed by atoms with Gasteiger partial charge in [0.1, 0.15) is 6.33 Å². The maximum Gasteiger partial charge on any atom is 0.195 e. The van der Waals surface area contributed by atoms with E-state index < -0.39 is 0 Å². The SMILES string of the molecule is OCCN1CCN(Cc2ccc3ncn(-c4nc(-c5cccc(Cl)c5)cs4)c3c2)CC1. The van der Waals surface area contributed by atoms with E-state index >= 15 is 0 Å². The molecule has 1 fully saturated rings.